The van der Waals surface area contributed by atoms with Crippen LogP contribution in [0.15, 0.2) is 48.5 Å². The summed E-state index contributed by atoms with van der Waals surface area (Å²) in [5.74, 6) is -2.98. The average molecular weight is 527 g/mol. The summed E-state index contributed by atoms with van der Waals surface area (Å²) in [6.45, 7) is 12.7. The molecule has 0 radical (unpaired) electrons. The zero-order valence-corrected chi connectivity index (χ0v) is 23.2. The van der Waals surface area contributed by atoms with E-state index in [0.717, 1.165) is 11.1 Å². The number of hydrogen-bond acceptors (Lipinski definition) is 8. The van der Waals surface area contributed by atoms with Crippen molar-refractivity contribution in [1.82, 2.24) is 0 Å². The third-order valence-electron chi connectivity index (χ3n) is 5.63. The number of carbonyl (C=O) groups is 4. The van der Waals surface area contributed by atoms with Crippen molar-refractivity contribution in [2.75, 3.05) is 13.2 Å². The molecule has 8 heteroatoms. The Hall–Kier alpha value is -3.68. The smallest absolute Gasteiger partial charge is 0.338 e. The Balaban J connectivity index is 2.30. The number of esters is 4. The quantitative estimate of drug-likeness (QED) is 0.280. The molecule has 0 amide bonds. The molecule has 206 valence electrons. The van der Waals surface area contributed by atoms with Crippen LogP contribution in [0.2, 0.25) is 0 Å². The lowest BCUT2D eigenvalue weighted by Crippen LogP contribution is -2.30. The van der Waals surface area contributed by atoms with Crippen molar-refractivity contribution in [3.05, 3.63) is 70.8 Å². The van der Waals surface area contributed by atoms with Gasteiger partial charge in [-0.2, -0.15) is 0 Å². The summed E-state index contributed by atoms with van der Waals surface area (Å²) < 4.78 is 21.3. The molecule has 0 fully saturated rings. The summed E-state index contributed by atoms with van der Waals surface area (Å²) in [7, 11) is 0. The average Bonchev–Trinajstić information content (AvgIpc) is 2.84. The number of carbonyl (C=O) groups excluding carboxylic acids is 4. The predicted octanol–water partition coefficient (Wildman–Crippen LogP) is 5.47. The number of rotatable bonds is 11. The first kappa shape index (κ1) is 30.5. The zero-order chi connectivity index (χ0) is 28.5. The van der Waals surface area contributed by atoms with E-state index in [9.17, 15) is 19.2 Å². The van der Waals surface area contributed by atoms with Crippen LogP contribution in [0.3, 0.4) is 0 Å². The number of benzene rings is 2. The molecule has 2 aromatic carbocycles. The Morgan fingerprint density at radius 3 is 1.53 bits per heavy atom. The molecule has 2 rings (SSSR count). The Labute approximate surface area is 224 Å². The molecule has 0 saturated heterocycles. The summed E-state index contributed by atoms with van der Waals surface area (Å²) in [6.07, 6.45) is -0.735. The minimum absolute atomic E-state index is 0.101. The van der Waals surface area contributed by atoms with Gasteiger partial charge >= 0.3 is 23.9 Å². The van der Waals surface area contributed by atoms with Gasteiger partial charge in [-0.1, -0.05) is 31.2 Å². The topological polar surface area (TPSA) is 105 Å². The van der Waals surface area contributed by atoms with Crippen LogP contribution in [0.5, 0.6) is 0 Å². The fourth-order valence-electron chi connectivity index (χ4n) is 3.90. The maximum absolute atomic E-state index is 12.9. The van der Waals surface area contributed by atoms with Gasteiger partial charge in [-0.05, 0) is 76.9 Å². The maximum Gasteiger partial charge on any atom is 0.338 e. The van der Waals surface area contributed by atoms with Gasteiger partial charge in [-0.15, -0.1) is 0 Å². The summed E-state index contributed by atoms with van der Waals surface area (Å²) in [5, 5.41) is 0. The molecule has 0 N–H and O–H groups in total. The lowest BCUT2D eigenvalue weighted by Gasteiger charge is -2.27. The minimum atomic E-state index is -0.703. The van der Waals surface area contributed by atoms with Gasteiger partial charge in [0.25, 0.3) is 0 Å². The third kappa shape index (κ3) is 9.01. The highest BCUT2D eigenvalue weighted by atomic mass is 16.6. The molecule has 38 heavy (non-hydrogen) atoms. The van der Waals surface area contributed by atoms with Crippen molar-refractivity contribution >= 4 is 23.9 Å². The van der Waals surface area contributed by atoms with Crippen LogP contribution in [0.1, 0.15) is 92.6 Å². The van der Waals surface area contributed by atoms with Gasteiger partial charge in [0.05, 0.1) is 36.7 Å². The monoisotopic (exact) mass is 526 g/mol. The van der Waals surface area contributed by atoms with Crippen LogP contribution in [-0.2, 0) is 28.5 Å². The third-order valence-corrected chi connectivity index (χ3v) is 5.63. The van der Waals surface area contributed by atoms with E-state index in [1.165, 1.54) is 0 Å². The largest absolute Gasteiger partial charge is 0.462 e. The molecule has 0 unspecified atom stereocenters. The second kappa shape index (κ2) is 13.7. The predicted molar refractivity (Wildman–Crippen MR) is 142 cm³/mol. The normalized spacial score (nSPS) is 12.8. The van der Waals surface area contributed by atoms with Crippen LogP contribution in [-0.4, -0.2) is 48.8 Å². The van der Waals surface area contributed by atoms with Gasteiger partial charge in [-0.3, -0.25) is 9.59 Å². The summed E-state index contributed by atoms with van der Waals surface area (Å²) in [4.78, 5) is 49.3. The highest BCUT2D eigenvalue weighted by Crippen LogP contribution is 2.31. The van der Waals surface area contributed by atoms with Crippen molar-refractivity contribution in [1.29, 1.82) is 0 Å². The van der Waals surface area contributed by atoms with Crippen molar-refractivity contribution < 1.29 is 38.1 Å². The Bertz CT molecular complexity index is 1040. The lowest BCUT2D eigenvalue weighted by molar-refractivity contribution is -0.163. The van der Waals surface area contributed by atoms with Gasteiger partial charge in [0.1, 0.15) is 11.7 Å². The van der Waals surface area contributed by atoms with Crippen LogP contribution in [0.25, 0.3) is 0 Å². The molecule has 2 atom stereocenters. The van der Waals surface area contributed by atoms with Crippen molar-refractivity contribution in [2.45, 2.75) is 72.5 Å². The SMILES string of the molecule is CCOC(=O)c1ccc(C(c2ccc(C(=O)OCC)cc2)[C@H](C)OC(=O)[C@H](C)CC(=O)OC(C)(C)C)cc1. The van der Waals surface area contributed by atoms with Gasteiger partial charge in [0.2, 0.25) is 0 Å². The molecular formula is C30H38O8. The standard InChI is InChI=1S/C30H38O8/c1-8-35-28(33)23-14-10-21(11-15-23)26(22-12-16-24(17-13-22)29(34)36-9-2)20(4)37-27(32)19(3)18-25(31)38-30(5,6)7/h10-17,19-20,26H,8-9,18H2,1-7H3/t19-,20+/m1/s1. The van der Waals surface area contributed by atoms with Crippen molar-refractivity contribution in [2.24, 2.45) is 5.92 Å². The molecule has 0 aliphatic heterocycles. The Morgan fingerprint density at radius 1 is 0.737 bits per heavy atom. The zero-order valence-electron chi connectivity index (χ0n) is 23.2. The van der Waals surface area contributed by atoms with E-state index in [-0.39, 0.29) is 19.6 Å². The lowest BCUT2D eigenvalue weighted by atomic mass is 9.86. The van der Waals surface area contributed by atoms with E-state index in [1.807, 2.05) is 0 Å². The molecule has 0 aromatic heterocycles. The van der Waals surface area contributed by atoms with Crippen LogP contribution < -0.4 is 0 Å². The van der Waals surface area contributed by atoms with E-state index in [2.05, 4.69) is 0 Å². The van der Waals surface area contributed by atoms with E-state index < -0.39 is 47.4 Å². The second-order valence-corrected chi connectivity index (χ2v) is 10.00. The molecule has 8 nitrogen and oxygen atoms in total. The molecule has 0 saturated carbocycles. The fraction of sp³-hybridized carbons (Fsp3) is 0.467. The van der Waals surface area contributed by atoms with Gasteiger partial charge in [-0.25, -0.2) is 9.59 Å². The first-order valence-electron chi connectivity index (χ1n) is 12.8. The van der Waals surface area contributed by atoms with E-state index in [0.29, 0.717) is 11.1 Å². The van der Waals surface area contributed by atoms with Crippen molar-refractivity contribution in [3.63, 3.8) is 0 Å². The summed E-state index contributed by atoms with van der Waals surface area (Å²) in [5.41, 5.74) is 1.75. The van der Waals surface area contributed by atoms with Crippen LogP contribution in [0, 0.1) is 5.92 Å². The molecule has 0 spiro atoms. The van der Waals surface area contributed by atoms with Crippen LogP contribution in [0.4, 0.5) is 0 Å². The van der Waals surface area contributed by atoms with Gasteiger partial charge < -0.3 is 18.9 Å². The first-order valence-corrected chi connectivity index (χ1v) is 12.8. The van der Waals surface area contributed by atoms with Crippen molar-refractivity contribution in [3.8, 4) is 0 Å². The number of ether oxygens (including phenoxy) is 4. The van der Waals surface area contributed by atoms with Gasteiger partial charge in [0.15, 0.2) is 0 Å². The van der Waals surface area contributed by atoms with Gasteiger partial charge in [0, 0.05) is 5.92 Å². The molecule has 0 aliphatic carbocycles. The summed E-state index contributed by atoms with van der Waals surface area (Å²) >= 11 is 0. The summed E-state index contributed by atoms with van der Waals surface area (Å²) in [6, 6.07) is 13.8. The first-order chi connectivity index (χ1) is 17.9. The highest BCUT2D eigenvalue weighted by molar-refractivity contribution is 5.90. The second-order valence-electron chi connectivity index (χ2n) is 10.00. The highest BCUT2D eigenvalue weighted by Gasteiger charge is 2.29. The molecule has 0 bridgehead atoms. The maximum atomic E-state index is 12.9. The molecule has 0 heterocycles. The Morgan fingerprint density at radius 2 is 1.16 bits per heavy atom. The van der Waals surface area contributed by atoms with E-state index >= 15 is 0 Å². The Kier molecular flexibility index (Phi) is 11.0. The van der Waals surface area contributed by atoms with E-state index in [1.54, 1.807) is 97.0 Å². The fourth-order valence-corrected chi connectivity index (χ4v) is 3.90. The number of hydrogen-bond donors (Lipinski definition) is 0. The molecule has 2 aromatic rings. The molecule has 0 aliphatic rings. The van der Waals surface area contributed by atoms with Crippen LogP contribution >= 0.6 is 0 Å². The minimum Gasteiger partial charge on any atom is -0.462 e. The van der Waals surface area contributed by atoms with E-state index in [4.69, 9.17) is 18.9 Å². The molecular weight excluding hydrogens is 488 g/mol.